The largest absolute Gasteiger partial charge is 0.489 e. The Morgan fingerprint density at radius 2 is 2.03 bits per heavy atom. The van der Waals surface area contributed by atoms with Crippen LogP contribution in [0.4, 0.5) is 0 Å². The summed E-state index contributed by atoms with van der Waals surface area (Å²) in [5.74, 6) is -0.0243. The summed E-state index contributed by atoms with van der Waals surface area (Å²) in [5.41, 5.74) is 3.41. The minimum atomic E-state index is -0.836. The third-order valence-electron chi connectivity index (χ3n) is 5.95. The molecule has 2 aromatic carbocycles. The average molecular weight is 408 g/mol. The van der Waals surface area contributed by atoms with Crippen LogP contribution in [0.3, 0.4) is 0 Å². The van der Waals surface area contributed by atoms with Gasteiger partial charge < -0.3 is 19.6 Å². The number of fused-ring (bicyclic) bond motifs is 3. The highest BCUT2D eigenvalue weighted by atomic mass is 16.5. The van der Waals surface area contributed by atoms with E-state index in [1.807, 2.05) is 42.5 Å². The first kappa shape index (κ1) is 20.5. The van der Waals surface area contributed by atoms with Crippen molar-refractivity contribution in [2.75, 3.05) is 0 Å². The molecule has 0 aliphatic carbocycles. The minimum Gasteiger partial charge on any atom is -0.489 e. The van der Waals surface area contributed by atoms with E-state index in [0.29, 0.717) is 13.0 Å². The SMILES string of the molecule is CCCC1(CC(=O)O)OC(CC)Cc2c1[nH]c1ccc(OCc3ccccc3)cc21. The summed E-state index contributed by atoms with van der Waals surface area (Å²) in [6.45, 7) is 4.68. The van der Waals surface area contributed by atoms with Crippen molar-refractivity contribution in [2.45, 2.75) is 64.3 Å². The lowest BCUT2D eigenvalue weighted by atomic mass is 9.83. The summed E-state index contributed by atoms with van der Waals surface area (Å²) in [6, 6.07) is 16.2. The molecule has 0 bridgehead atoms. The van der Waals surface area contributed by atoms with E-state index in [4.69, 9.17) is 9.47 Å². The minimum absolute atomic E-state index is 0.0105. The number of carboxylic acid groups (broad SMARTS) is 1. The summed E-state index contributed by atoms with van der Waals surface area (Å²) >= 11 is 0. The Morgan fingerprint density at radius 1 is 1.23 bits per heavy atom. The second kappa shape index (κ2) is 8.52. The van der Waals surface area contributed by atoms with Crippen LogP contribution in [0, 0.1) is 0 Å². The summed E-state index contributed by atoms with van der Waals surface area (Å²) in [7, 11) is 0. The summed E-state index contributed by atoms with van der Waals surface area (Å²) in [5, 5.41) is 10.7. The van der Waals surface area contributed by atoms with Crippen LogP contribution in [0.1, 0.15) is 56.4 Å². The number of ether oxygens (including phenoxy) is 2. The topological polar surface area (TPSA) is 71.5 Å². The molecule has 0 spiro atoms. The van der Waals surface area contributed by atoms with E-state index in [1.165, 1.54) is 5.56 Å². The number of hydrogen-bond acceptors (Lipinski definition) is 3. The zero-order chi connectivity index (χ0) is 21.1. The fourth-order valence-corrected chi connectivity index (χ4v) is 4.58. The second-order valence-electron chi connectivity index (χ2n) is 8.13. The lowest BCUT2D eigenvalue weighted by molar-refractivity contribution is -0.158. The Morgan fingerprint density at radius 3 is 2.73 bits per heavy atom. The summed E-state index contributed by atoms with van der Waals surface area (Å²) < 4.78 is 12.5. The van der Waals surface area contributed by atoms with Gasteiger partial charge in [-0.3, -0.25) is 4.79 Å². The van der Waals surface area contributed by atoms with Gasteiger partial charge in [0.25, 0.3) is 0 Å². The second-order valence-corrected chi connectivity index (χ2v) is 8.13. The Balaban J connectivity index is 1.73. The molecule has 158 valence electrons. The molecule has 0 fully saturated rings. The highest BCUT2D eigenvalue weighted by Crippen LogP contribution is 2.45. The molecule has 1 aliphatic rings. The predicted molar refractivity (Wildman–Crippen MR) is 117 cm³/mol. The van der Waals surface area contributed by atoms with Crippen LogP contribution in [-0.2, 0) is 28.2 Å². The first-order valence-electron chi connectivity index (χ1n) is 10.8. The Kier molecular flexibility index (Phi) is 5.82. The lowest BCUT2D eigenvalue weighted by Crippen LogP contribution is -2.42. The van der Waals surface area contributed by atoms with Crippen LogP contribution in [0.5, 0.6) is 5.75 Å². The standard InChI is InChI=1S/C25H29NO4/c1-3-12-25(15-23(27)28)24-21(13-18(4-2)30-25)20-14-19(10-11-22(20)26-24)29-16-17-8-6-5-7-9-17/h5-11,14,18,26H,3-4,12-13,15-16H2,1-2H3,(H,27,28). The number of benzene rings is 2. The van der Waals surface area contributed by atoms with Crippen molar-refractivity contribution in [1.82, 2.24) is 4.98 Å². The van der Waals surface area contributed by atoms with E-state index >= 15 is 0 Å². The van der Waals surface area contributed by atoms with E-state index in [-0.39, 0.29) is 12.5 Å². The normalized spacial score (nSPS) is 20.8. The zero-order valence-corrected chi connectivity index (χ0v) is 17.6. The smallest absolute Gasteiger partial charge is 0.306 e. The maximum absolute atomic E-state index is 11.7. The predicted octanol–water partition coefficient (Wildman–Crippen LogP) is 5.57. The zero-order valence-electron chi connectivity index (χ0n) is 17.6. The van der Waals surface area contributed by atoms with Crippen molar-refractivity contribution in [3.8, 4) is 5.75 Å². The molecule has 4 rings (SSSR count). The van der Waals surface area contributed by atoms with Crippen LogP contribution in [0.25, 0.3) is 10.9 Å². The molecule has 3 aromatic rings. The number of aromatic amines is 1. The number of aromatic nitrogens is 1. The van der Waals surface area contributed by atoms with E-state index in [0.717, 1.165) is 47.2 Å². The fourth-order valence-electron chi connectivity index (χ4n) is 4.58. The van der Waals surface area contributed by atoms with Gasteiger partial charge in [-0.2, -0.15) is 0 Å². The van der Waals surface area contributed by atoms with E-state index in [1.54, 1.807) is 0 Å². The first-order valence-corrected chi connectivity index (χ1v) is 10.8. The molecular weight excluding hydrogens is 378 g/mol. The van der Waals surface area contributed by atoms with Crippen LogP contribution in [-0.4, -0.2) is 22.2 Å². The molecule has 0 radical (unpaired) electrons. The molecule has 30 heavy (non-hydrogen) atoms. The van der Waals surface area contributed by atoms with Crippen LogP contribution in [0.15, 0.2) is 48.5 Å². The van der Waals surface area contributed by atoms with Gasteiger partial charge in [0, 0.05) is 17.3 Å². The maximum Gasteiger partial charge on any atom is 0.306 e. The average Bonchev–Trinajstić information content (AvgIpc) is 3.11. The van der Waals surface area contributed by atoms with Crippen molar-refractivity contribution < 1.29 is 19.4 Å². The molecule has 5 nitrogen and oxygen atoms in total. The van der Waals surface area contributed by atoms with Gasteiger partial charge in [-0.25, -0.2) is 0 Å². The van der Waals surface area contributed by atoms with E-state index < -0.39 is 11.6 Å². The van der Waals surface area contributed by atoms with Gasteiger partial charge in [0.1, 0.15) is 18.0 Å². The molecule has 2 unspecified atom stereocenters. The number of carbonyl (C=O) groups is 1. The molecule has 5 heteroatoms. The first-order chi connectivity index (χ1) is 14.5. The number of H-pyrrole nitrogens is 1. The molecule has 2 heterocycles. The number of nitrogens with one attached hydrogen (secondary N) is 1. The monoisotopic (exact) mass is 407 g/mol. The molecule has 0 saturated heterocycles. The number of hydrogen-bond donors (Lipinski definition) is 2. The molecule has 2 N–H and O–H groups in total. The highest BCUT2D eigenvalue weighted by Gasteiger charge is 2.44. The molecule has 0 saturated carbocycles. The third kappa shape index (κ3) is 3.94. The molecule has 1 aliphatic heterocycles. The molecule has 2 atom stereocenters. The van der Waals surface area contributed by atoms with Gasteiger partial charge in [0.15, 0.2) is 0 Å². The van der Waals surface area contributed by atoms with Crippen molar-refractivity contribution in [1.29, 1.82) is 0 Å². The highest BCUT2D eigenvalue weighted by molar-refractivity contribution is 5.87. The molecule has 1 aromatic heterocycles. The van der Waals surface area contributed by atoms with E-state index in [9.17, 15) is 9.90 Å². The Bertz CT molecular complexity index is 1030. The van der Waals surface area contributed by atoms with Crippen LogP contribution >= 0.6 is 0 Å². The Labute approximate surface area is 177 Å². The Hall–Kier alpha value is -2.79. The fraction of sp³-hybridized carbons (Fsp3) is 0.400. The van der Waals surface area contributed by atoms with Gasteiger partial charge in [-0.15, -0.1) is 0 Å². The van der Waals surface area contributed by atoms with Gasteiger partial charge in [-0.05, 0) is 42.2 Å². The van der Waals surface area contributed by atoms with Gasteiger partial charge in [0.2, 0.25) is 0 Å². The number of carboxylic acids is 1. The lowest BCUT2D eigenvalue weighted by Gasteiger charge is -2.40. The molecular formula is C25H29NO4. The van der Waals surface area contributed by atoms with Gasteiger partial charge in [-0.1, -0.05) is 50.6 Å². The van der Waals surface area contributed by atoms with Crippen molar-refractivity contribution in [3.63, 3.8) is 0 Å². The summed E-state index contributed by atoms with van der Waals surface area (Å²) in [6.07, 6.45) is 3.13. The summed E-state index contributed by atoms with van der Waals surface area (Å²) in [4.78, 5) is 15.2. The number of rotatable bonds is 8. The van der Waals surface area contributed by atoms with Crippen LogP contribution in [0.2, 0.25) is 0 Å². The van der Waals surface area contributed by atoms with Crippen LogP contribution < -0.4 is 4.74 Å². The van der Waals surface area contributed by atoms with Crippen molar-refractivity contribution in [2.24, 2.45) is 0 Å². The maximum atomic E-state index is 11.7. The molecule has 0 amide bonds. The third-order valence-corrected chi connectivity index (χ3v) is 5.95. The van der Waals surface area contributed by atoms with Gasteiger partial charge in [0.05, 0.1) is 18.2 Å². The van der Waals surface area contributed by atoms with Gasteiger partial charge >= 0.3 is 5.97 Å². The van der Waals surface area contributed by atoms with Crippen molar-refractivity contribution in [3.05, 3.63) is 65.4 Å². The quantitative estimate of drug-likeness (QED) is 0.512. The number of aliphatic carboxylic acids is 1. The van der Waals surface area contributed by atoms with E-state index in [2.05, 4.69) is 24.9 Å². The van der Waals surface area contributed by atoms with Crippen molar-refractivity contribution >= 4 is 16.9 Å².